The van der Waals surface area contributed by atoms with Gasteiger partial charge in [0, 0.05) is 24.0 Å². The minimum Gasteiger partial charge on any atom is -0.505 e. The highest BCUT2D eigenvalue weighted by Gasteiger charge is 2.36. The Kier molecular flexibility index (Phi) is 5.87. The Labute approximate surface area is 171 Å². The van der Waals surface area contributed by atoms with Crippen molar-refractivity contribution in [3.63, 3.8) is 0 Å². The maximum absolute atomic E-state index is 12.7. The van der Waals surface area contributed by atoms with Gasteiger partial charge in [0.25, 0.3) is 15.9 Å². The summed E-state index contributed by atoms with van der Waals surface area (Å²) < 4.78 is 26.1. The van der Waals surface area contributed by atoms with Crippen LogP contribution in [0.5, 0.6) is 0 Å². The molecule has 0 aliphatic carbocycles. The molecule has 29 heavy (non-hydrogen) atoms. The van der Waals surface area contributed by atoms with Gasteiger partial charge >= 0.3 is 0 Å². The minimum atomic E-state index is -3.96. The minimum absolute atomic E-state index is 0.0707. The van der Waals surface area contributed by atoms with Crippen molar-refractivity contribution in [3.05, 3.63) is 63.5 Å². The van der Waals surface area contributed by atoms with E-state index in [0.29, 0.717) is 9.75 Å². The van der Waals surface area contributed by atoms with E-state index in [-0.39, 0.29) is 35.2 Å². The number of likely N-dealkylation sites (N-methyl/N-ethyl adjacent to an activating group) is 1. The normalized spacial score (nSPS) is 15.4. The molecule has 3 N–H and O–H groups in total. The Morgan fingerprint density at radius 3 is 2.66 bits per heavy atom. The second kappa shape index (κ2) is 8.19. The summed E-state index contributed by atoms with van der Waals surface area (Å²) in [5.41, 5.74) is -0.279. The van der Waals surface area contributed by atoms with Crippen LogP contribution in [0.4, 0.5) is 0 Å². The molecule has 0 bridgehead atoms. The highest BCUT2D eigenvalue weighted by Crippen LogP contribution is 2.34. The van der Waals surface area contributed by atoms with Crippen molar-refractivity contribution >= 4 is 44.9 Å². The molecule has 3 rings (SSSR count). The van der Waals surface area contributed by atoms with Crippen LogP contribution in [0.3, 0.4) is 0 Å². The molecule has 1 aliphatic rings. The fraction of sp³-hybridized carbons (Fsp3) is 0.158. The highest BCUT2D eigenvalue weighted by molar-refractivity contribution is 7.89. The van der Waals surface area contributed by atoms with Gasteiger partial charge in [0.2, 0.25) is 5.78 Å². The molecule has 0 saturated carbocycles. The zero-order valence-electron chi connectivity index (χ0n) is 15.3. The van der Waals surface area contributed by atoms with Gasteiger partial charge in [-0.1, -0.05) is 12.1 Å². The van der Waals surface area contributed by atoms with Crippen molar-refractivity contribution in [2.75, 3.05) is 20.2 Å². The Morgan fingerprint density at radius 2 is 1.93 bits per heavy atom. The summed E-state index contributed by atoms with van der Waals surface area (Å²) in [5, 5.41) is 21.8. The number of carbonyl (C=O) groups is 2. The Morgan fingerprint density at radius 1 is 1.21 bits per heavy atom. The fourth-order valence-corrected chi connectivity index (χ4v) is 4.99. The molecule has 10 heteroatoms. The lowest BCUT2D eigenvalue weighted by Gasteiger charge is -2.27. The Balaban J connectivity index is 1.87. The van der Waals surface area contributed by atoms with Gasteiger partial charge in [-0.15, -0.1) is 11.3 Å². The van der Waals surface area contributed by atoms with E-state index in [4.69, 9.17) is 5.11 Å². The van der Waals surface area contributed by atoms with Crippen LogP contribution in [0, 0.1) is 0 Å². The fourth-order valence-electron chi connectivity index (χ4n) is 2.76. The molecule has 1 aromatic heterocycles. The summed E-state index contributed by atoms with van der Waals surface area (Å²) in [6.45, 7) is -0.0351. The van der Waals surface area contributed by atoms with Crippen LogP contribution in [0.1, 0.15) is 20.1 Å². The van der Waals surface area contributed by atoms with Crippen molar-refractivity contribution in [1.82, 2.24) is 9.62 Å². The quantitative estimate of drug-likeness (QED) is 0.594. The van der Waals surface area contributed by atoms with Gasteiger partial charge in [-0.25, -0.2) is 8.42 Å². The number of benzene rings is 1. The average Bonchev–Trinajstić information content (AvgIpc) is 3.18. The number of aliphatic hydroxyl groups excluding tert-OH is 2. The summed E-state index contributed by atoms with van der Waals surface area (Å²) in [7, 11) is -2.75. The third-order valence-electron chi connectivity index (χ3n) is 4.20. The number of hydrogen-bond donors (Lipinski definition) is 3. The summed E-state index contributed by atoms with van der Waals surface area (Å²) in [6, 6.07) is 9.11. The highest BCUT2D eigenvalue weighted by atomic mass is 32.2. The lowest BCUT2D eigenvalue weighted by atomic mass is 10.1. The maximum atomic E-state index is 12.7. The van der Waals surface area contributed by atoms with Gasteiger partial charge < -0.3 is 15.5 Å². The Bertz CT molecular complexity index is 1130. The number of thiophene rings is 1. The molecule has 0 saturated heterocycles. The van der Waals surface area contributed by atoms with Crippen LogP contribution < -0.4 is 5.32 Å². The molecule has 1 aromatic carbocycles. The van der Waals surface area contributed by atoms with Crippen molar-refractivity contribution in [3.8, 4) is 0 Å². The predicted molar refractivity (Wildman–Crippen MR) is 109 cm³/mol. The zero-order valence-corrected chi connectivity index (χ0v) is 17.0. The first kappa shape index (κ1) is 20.8. The summed E-state index contributed by atoms with van der Waals surface area (Å²) in [5.74, 6) is -1.45. The molecule has 0 spiro atoms. The third-order valence-corrected chi connectivity index (χ3v) is 7.06. The number of ketones is 1. The smallest absolute Gasteiger partial charge is 0.265 e. The second-order valence-corrected chi connectivity index (χ2v) is 9.10. The van der Waals surface area contributed by atoms with Gasteiger partial charge in [0.05, 0.1) is 16.4 Å². The van der Waals surface area contributed by atoms with Crippen LogP contribution in [-0.4, -0.2) is 54.8 Å². The van der Waals surface area contributed by atoms with E-state index in [0.717, 1.165) is 21.7 Å². The van der Waals surface area contributed by atoms with Crippen molar-refractivity contribution < 1.29 is 28.2 Å². The first-order valence-electron chi connectivity index (χ1n) is 8.50. The number of carbonyl (C=O) groups excluding carboxylic acids is 2. The first-order chi connectivity index (χ1) is 13.8. The number of nitrogens with one attached hydrogen (secondary N) is 1. The maximum Gasteiger partial charge on any atom is 0.265 e. The van der Waals surface area contributed by atoms with Crippen LogP contribution in [0.2, 0.25) is 0 Å². The number of hydrogen-bond acceptors (Lipinski definition) is 7. The van der Waals surface area contributed by atoms with E-state index in [2.05, 4.69) is 5.32 Å². The molecule has 152 valence electrons. The summed E-state index contributed by atoms with van der Waals surface area (Å²) in [6.07, 6.45) is 2.59. The number of amides is 1. The molecular formula is C19H18N2O6S2. The molecule has 0 atom stereocenters. The molecule has 2 aromatic rings. The predicted octanol–water partition coefficient (Wildman–Crippen LogP) is 1.61. The number of sulfonamides is 1. The molecule has 2 heterocycles. The summed E-state index contributed by atoms with van der Waals surface area (Å²) >= 11 is 1.13. The number of rotatable bonds is 6. The molecule has 0 radical (unpaired) electrons. The average molecular weight is 434 g/mol. The van der Waals surface area contributed by atoms with Crippen LogP contribution in [-0.2, 0) is 14.8 Å². The number of fused-ring (bicyclic) bond motifs is 1. The SMILES string of the molecule is CN1C(C(=O)/C=C/c2ccc(C(=O)NCCO)s2)=C(O)c2ccccc2S1(=O)=O. The van der Waals surface area contributed by atoms with Gasteiger partial charge in [-0.05, 0) is 36.4 Å². The van der Waals surface area contributed by atoms with Crippen molar-refractivity contribution in [1.29, 1.82) is 0 Å². The van der Waals surface area contributed by atoms with Gasteiger partial charge in [-0.2, -0.15) is 0 Å². The second-order valence-electron chi connectivity index (χ2n) is 6.05. The number of aliphatic hydroxyl groups is 2. The van der Waals surface area contributed by atoms with Crippen molar-refractivity contribution in [2.45, 2.75) is 4.90 Å². The van der Waals surface area contributed by atoms with Crippen LogP contribution >= 0.6 is 11.3 Å². The largest absolute Gasteiger partial charge is 0.505 e. The topological polar surface area (TPSA) is 124 Å². The molecule has 1 amide bonds. The van der Waals surface area contributed by atoms with Crippen LogP contribution in [0.25, 0.3) is 11.8 Å². The van der Waals surface area contributed by atoms with E-state index in [1.165, 1.54) is 31.3 Å². The van der Waals surface area contributed by atoms with Gasteiger partial charge in [-0.3, -0.25) is 13.9 Å². The number of nitrogens with zero attached hydrogens (tertiary/aromatic N) is 1. The Hall–Kier alpha value is -2.95. The lowest BCUT2D eigenvalue weighted by molar-refractivity contribution is -0.112. The van der Waals surface area contributed by atoms with Gasteiger partial charge in [0.1, 0.15) is 5.70 Å². The number of allylic oxidation sites excluding steroid dienone is 1. The molecular weight excluding hydrogens is 416 g/mol. The molecule has 0 unspecified atom stereocenters. The zero-order chi connectivity index (χ0) is 21.2. The van der Waals surface area contributed by atoms with Crippen molar-refractivity contribution in [2.24, 2.45) is 0 Å². The van der Waals surface area contributed by atoms with E-state index in [1.807, 2.05) is 0 Å². The van der Waals surface area contributed by atoms with Crippen LogP contribution in [0.15, 0.2) is 53.1 Å². The van der Waals surface area contributed by atoms with E-state index >= 15 is 0 Å². The van der Waals surface area contributed by atoms with E-state index in [1.54, 1.807) is 18.2 Å². The van der Waals surface area contributed by atoms with E-state index < -0.39 is 21.6 Å². The van der Waals surface area contributed by atoms with E-state index in [9.17, 15) is 23.1 Å². The molecule has 1 aliphatic heterocycles. The van der Waals surface area contributed by atoms with Gasteiger partial charge in [0.15, 0.2) is 5.76 Å². The summed E-state index contributed by atoms with van der Waals surface area (Å²) in [4.78, 5) is 25.4. The third kappa shape index (κ3) is 3.95. The molecule has 0 fully saturated rings. The molecule has 8 nitrogen and oxygen atoms in total. The standard InChI is InChI=1S/C19H18N2O6S2/c1-21-17(18(24)13-4-2-3-5-16(13)29(21,26)27)14(23)8-6-12-7-9-15(28-12)19(25)20-10-11-22/h2-9,22,24H,10-11H2,1H3,(H,20,25)/b8-6+. The monoisotopic (exact) mass is 434 g/mol. The first-order valence-corrected chi connectivity index (χ1v) is 10.8. The lowest BCUT2D eigenvalue weighted by Crippen LogP contribution is -2.34.